The summed E-state index contributed by atoms with van der Waals surface area (Å²) in [4.78, 5) is 21.5. The highest BCUT2D eigenvalue weighted by molar-refractivity contribution is 6.06. The Balaban J connectivity index is 1.75. The van der Waals surface area contributed by atoms with Crippen LogP contribution >= 0.6 is 0 Å². The molecule has 7 heteroatoms. The molecule has 1 aliphatic heterocycles. The van der Waals surface area contributed by atoms with Crippen molar-refractivity contribution in [2.24, 2.45) is 0 Å². The van der Waals surface area contributed by atoms with Crippen LogP contribution in [0.5, 0.6) is 5.75 Å². The normalized spacial score (nSPS) is 15.2. The zero-order valence-electron chi connectivity index (χ0n) is 16.7. The number of carbonyl (C=O) groups is 1. The maximum atomic E-state index is 13.0. The molecule has 1 aromatic carbocycles. The zero-order valence-corrected chi connectivity index (χ0v) is 16.7. The van der Waals surface area contributed by atoms with Crippen LogP contribution in [0.4, 0.5) is 0 Å². The van der Waals surface area contributed by atoms with Gasteiger partial charge in [-0.1, -0.05) is 0 Å². The zero-order chi connectivity index (χ0) is 19.8. The Hall–Kier alpha value is -2.93. The lowest BCUT2D eigenvalue weighted by Gasteiger charge is -2.32. The molecule has 0 aliphatic carbocycles. The fourth-order valence-electron chi connectivity index (χ4n) is 3.75. The Bertz CT molecular complexity index is 1010. The summed E-state index contributed by atoms with van der Waals surface area (Å²) in [5, 5.41) is 8.15. The first kappa shape index (κ1) is 18.4. The van der Waals surface area contributed by atoms with Crippen molar-refractivity contribution in [1.29, 1.82) is 0 Å². The molecule has 0 bridgehead atoms. The van der Waals surface area contributed by atoms with Gasteiger partial charge in [-0.25, -0.2) is 0 Å². The first-order chi connectivity index (χ1) is 13.5. The molecule has 28 heavy (non-hydrogen) atoms. The van der Waals surface area contributed by atoms with Crippen LogP contribution in [0, 0.1) is 13.8 Å². The summed E-state index contributed by atoms with van der Waals surface area (Å²) in [6, 6.07) is 7.96. The van der Waals surface area contributed by atoms with E-state index in [0.717, 1.165) is 46.5 Å². The summed E-state index contributed by atoms with van der Waals surface area (Å²) in [5.41, 5.74) is 5.16. The van der Waals surface area contributed by atoms with Gasteiger partial charge in [0.25, 0.3) is 5.91 Å². The molecule has 0 atom stereocenters. The number of nitrogens with one attached hydrogen (secondary N) is 1. The SMILES string of the molecule is COc1cc2c(C(=O)N3CCN(C)CC3)n[nH]c2cc1-c1cc(C)nc(C)c1. The number of aromatic nitrogens is 3. The average Bonchev–Trinajstić information content (AvgIpc) is 3.09. The van der Waals surface area contributed by atoms with Gasteiger partial charge in [0.1, 0.15) is 5.75 Å². The van der Waals surface area contributed by atoms with Crippen molar-refractivity contribution in [2.45, 2.75) is 13.8 Å². The lowest BCUT2D eigenvalue weighted by Crippen LogP contribution is -2.47. The summed E-state index contributed by atoms with van der Waals surface area (Å²) in [6.07, 6.45) is 0. The number of hydrogen-bond donors (Lipinski definition) is 1. The number of piperazine rings is 1. The largest absolute Gasteiger partial charge is 0.496 e. The third-order valence-corrected chi connectivity index (χ3v) is 5.27. The lowest BCUT2D eigenvalue weighted by molar-refractivity contribution is 0.0660. The number of benzene rings is 1. The van der Waals surface area contributed by atoms with Crippen LogP contribution in [0.1, 0.15) is 21.9 Å². The predicted octanol–water partition coefficient (Wildman–Crippen LogP) is 2.64. The van der Waals surface area contributed by atoms with E-state index >= 15 is 0 Å². The van der Waals surface area contributed by atoms with Crippen molar-refractivity contribution in [3.05, 3.63) is 41.3 Å². The number of likely N-dealkylation sites (N-methyl/N-ethyl adjacent to an activating group) is 1. The summed E-state index contributed by atoms with van der Waals surface area (Å²) in [5.74, 6) is 0.677. The fourth-order valence-corrected chi connectivity index (χ4v) is 3.75. The van der Waals surface area contributed by atoms with Crippen molar-refractivity contribution in [3.63, 3.8) is 0 Å². The van der Waals surface area contributed by atoms with Gasteiger partial charge in [0.2, 0.25) is 0 Å². The summed E-state index contributed by atoms with van der Waals surface area (Å²) in [7, 11) is 3.72. The van der Waals surface area contributed by atoms with Gasteiger partial charge < -0.3 is 14.5 Å². The third kappa shape index (κ3) is 3.33. The minimum atomic E-state index is -0.0373. The summed E-state index contributed by atoms with van der Waals surface area (Å²) < 4.78 is 5.66. The van der Waals surface area contributed by atoms with Crippen molar-refractivity contribution < 1.29 is 9.53 Å². The quantitative estimate of drug-likeness (QED) is 0.757. The number of fused-ring (bicyclic) bond motifs is 1. The number of aromatic amines is 1. The Labute approximate surface area is 164 Å². The molecule has 3 heterocycles. The number of amides is 1. The van der Waals surface area contributed by atoms with Gasteiger partial charge >= 0.3 is 0 Å². The van der Waals surface area contributed by atoms with E-state index in [2.05, 4.69) is 27.1 Å². The second-order valence-corrected chi connectivity index (χ2v) is 7.40. The molecule has 1 N–H and O–H groups in total. The van der Waals surface area contributed by atoms with E-state index in [4.69, 9.17) is 4.74 Å². The van der Waals surface area contributed by atoms with Crippen LogP contribution in [0.15, 0.2) is 24.3 Å². The van der Waals surface area contributed by atoms with Crippen LogP contribution < -0.4 is 4.74 Å². The average molecular weight is 379 g/mol. The molecule has 1 fully saturated rings. The maximum Gasteiger partial charge on any atom is 0.275 e. The molecule has 1 saturated heterocycles. The number of rotatable bonds is 3. The molecule has 4 rings (SSSR count). The highest BCUT2D eigenvalue weighted by Crippen LogP contribution is 2.35. The summed E-state index contributed by atoms with van der Waals surface area (Å²) in [6.45, 7) is 7.14. The second kappa shape index (κ2) is 7.24. The van der Waals surface area contributed by atoms with Crippen LogP contribution in [-0.2, 0) is 0 Å². The van der Waals surface area contributed by atoms with Crippen molar-refractivity contribution in [3.8, 4) is 16.9 Å². The monoisotopic (exact) mass is 379 g/mol. The first-order valence-electron chi connectivity index (χ1n) is 9.46. The number of nitrogens with zero attached hydrogens (tertiary/aromatic N) is 4. The first-order valence-corrected chi connectivity index (χ1v) is 9.46. The molecule has 146 valence electrons. The van der Waals surface area contributed by atoms with Crippen molar-refractivity contribution in [1.82, 2.24) is 25.0 Å². The van der Waals surface area contributed by atoms with Gasteiger partial charge in [-0.05, 0) is 50.7 Å². The predicted molar refractivity (Wildman–Crippen MR) is 109 cm³/mol. The topological polar surface area (TPSA) is 74.3 Å². The minimum absolute atomic E-state index is 0.0373. The Morgan fingerprint density at radius 2 is 1.75 bits per heavy atom. The van der Waals surface area contributed by atoms with Crippen LogP contribution in [0.3, 0.4) is 0 Å². The van der Waals surface area contributed by atoms with E-state index in [1.807, 2.05) is 43.0 Å². The number of ether oxygens (including phenoxy) is 1. The Morgan fingerprint density at radius 3 is 2.39 bits per heavy atom. The Morgan fingerprint density at radius 1 is 1.07 bits per heavy atom. The van der Waals surface area contributed by atoms with Crippen molar-refractivity contribution >= 4 is 16.8 Å². The molecule has 0 spiro atoms. The molecule has 1 amide bonds. The van der Waals surface area contributed by atoms with Gasteiger partial charge in [0, 0.05) is 48.5 Å². The van der Waals surface area contributed by atoms with Crippen LogP contribution in [0.2, 0.25) is 0 Å². The minimum Gasteiger partial charge on any atom is -0.496 e. The maximum absolute atomic E-state index is 13.0. The molecule has 3 aromatic rings. The van der Waals surface area contributed by atoms with E-state index in [1.54, 1.807) is 7.11 Å². The number of carbonyl (C=O) groups excluding carboxylic acids is 1. The van der Waals surface area contributed by atoms with Gasteiger partial charge in [0.15, 0.2) is 5.69 Å². The number of H-pyrrole nitrogens is 1. The standard InChI is InChI=1S/C21H25N5O2/c1-13-9-15(10-14(2)22-13)16-11-18-17(12-19(16)28-4)20(24-23-18)21(27)26-7-5-25(3)6-8-26/h9-12H,5-8H2,1-4H3,(H,23,24). The van der Waals surface area contributed by atoms with Crippen molar-refractivity contribution in [2.75, 3.05) is 40.3 Å². The molecule has 2 aromatic heterocycles. The number of aryl methyl sites for hydroxylation is 2. The van der Waals surface area contributed by atoms with Gasteiger partial charge in [-0.15, -0.1) is 0 Å². The molecule has 7 nitrogen and oxygen atoms in total. The van der Waals surface area contributed by atoms with Gasteiger partial charge in [-0.2, -0.15) is 5.10 Å². The summed E-state index contributed by atoms with van der Waals surface area (Å²) >= 11 is 0. The van der Waals surface area contributed by atoms with Gasteiger partial charge in [-0.3, -0.25) is 14.9 Å². The highest BCUT2D eigenvalue weighted by Gasteiger charge is 2.25. The molecular formula is C21H25N5O2. The second-order valence-electron chi connectivity index (χ2n) is 7.40. The number of pyridine rings is 1. The smallest absolute Gasteiger partial charge is 0.275 e. The molecule has 1 aliphatic rings. The number of hydrogen-bond acceptors (Lipinski definition) is 5. The molecule has 0 saturated carbocycles. The molecule has 0 radical (unpaired) electrons. The lowest BCUT2D eigenvalue weighted by atomic mass is 10.0. The van der Waals surface area contributed by atoms with E-state index in [9.17, 15) is 4.79 Å². The fraction of sp³-hybridized carbons (Fsp3) is 0.381. The third-order valence-electron chi connectivity index (χ3n) is 5.27. The number of methoxy groups -OCH3 is 1. The van der Waals surface area contributed by atoms with E-state index < -0.39 is 0 Å². The molecule has 0 unspecified atom stereocenters. The van der Waals surface area contributed by atoms with Crippen LogP contribution in [0.25, 0.3) is 22.0 Å². The molecular weight excluding hydrogens is 354 g/mol. The Kier molecular flexibility index (Phi) is 4.77. The van der Waals surface area contributed by atoms with E-state index in [0.29, 0.717) is 24.5 Å². The van der Waals surface area contributed by atoms with E-state index in [-0.39, 0.29) is 5.91 Å². The van der Waals surface area contributed by atoms with Crippen LogP contribution in [-0.4, -0.2) is 71.2 Å². The van der Waals surface area contributed by atoms with E-state index in [1.165, 1.54) is 0 Å². The van der Waals surface area contributed by atoms with Gasteiger partial charge in [0.05, 0.1) is 12.6 Å². The highest BCUT2D eigenvalue weighted by atomic mass is 16.5.